The monoisotopic (exact) mass is 368 g/mol. The van der Waals surface area contributed by atoms with Gasteiger partial charge >= 0.3 is 5.97 Å². The molecule has 2 aliphatic rings. The first-order chi connectivity index (χ1) is 13.1. The topological polar surface area (TPSA) is 82.9 Å². The molecule has 27 heavy (non-hydrogen) atoms. The quantitative estimate of drug-likeness (QED) is 0.867. The highest BCUT2D eigenvalue weighted by Crippen LogP contribution is 2.37. The lowest BCUT2D eigenvalue weighted by Gasteiger charge is -2.47. The number of hydrogen-bond acceptors (Lipinski definition) is 5. The summed E-state index contributed by atoms with van der Waals surface area (Å²) >= 11 is 0. The molecule has 0 bridgehead atoms. The van der Waals surface area contributed by atoms with Crippen LogP contribution in [-0.4, -0.2) is 52.6 Å². The molecule has 0 amide bonds. The van der Waals surface area contributed by atoms with Crippen LogP contribution in [0.1, 0.15) is 36.0 Å². The Balaban J connectivity index is 1.62. The third-order valence-corrected chi connectivity index (χ3v) is 5.70. The Morgan fingerprint density at radius 2 is 1.89 bits per heavy atom. The normalized spacial score (nSPS) is 22.0. The van der Waals surface area contributed by atoms with Crippen LogP contribution in [-0.2, 0) is 4.74 Å². The molecule has 2 aliphatic heterocycles. The van der Waals surface area contributed by atoms with Gasteiger partial charge in [-0.25, -0.2) is 9.78 Å². The smallest absolute Gasteiger partial charge is 0.339 e. The summed E-state index contributed by atoms with van der Waals surface area (Å²) in [5.74, 6) is -0.490. The standard InChI is InChI=1S/C21H24N2O4/c24-18-7-4-14-27-21(18)10-12-23(13-11-21)19-16(20(25)26)8-9-17(22-19)15-5-2-1-3-6-15/h1-3,5-6,8-9,18,24H,4,7,10-14H2,(H,25,26)/t18-/m0/s1. The van der Waals surface area contributed by atoms with Crippen molar-refractivity contribution >= 4 is 11.8 Å². The minimum Gasteiger partial charge on any atom is -0.478 e. The lowest BCUT2D eigenvalue weighted by Crippen LogP contribution is -2.55. The van der Waals surface area contributed by atoms with E-state index >= 15 is 0 Å². The molecular weight excluding hydrogens is 344 g/mol. The third-order valence-electron chi connectivity index (χ3n) is 5.70. The zero-order valence-electron chi connectivity index (χ0n) is 15.2. The summed E-state index contributed by atoms with van der Waals surface area (Å²) in [6, 6.07) is 13.1. The number of aromatic nitrogens is 1. The van der Waals surface area contributed by atoms with Crippen molar-refractivity contribution in [1.82, 2.24) is 4.98 Å². The number of carbonyl (C=O) groups is 1. The van der Waals surface area contributed by atoms with Gasteiger partial charge in [0.2, 0.25) is 0 Å². The molecule has 0 saturated carbocycles. The number of ether oxygens (including phenoxy) is 1. The largest absolute Gasteiger partial charge is 0.478 e. The van der Waals surface area contributed by atoms with Gasteiger partial charge in [-0.1, -0.05) is 30.3 Å². The van der Waals surface area contributed by atoms with Crippen LogP contribution in [0.3, 0.4) is 0 Å². The number of rotatable bonds is 3. The fourth-order valence-corrected chi connectivity index (χ4v) is 4.11. The summed E-state index contributed by atoms with van der Waals surface area (Å²) in [5, 5.41) is 20.0. The van der Waals surface area contributed by atoms with Gasteiger partial charge in [-0.2, -0.15) is 0 Å². The maximum atomic E-state index is 11.7. The van der Waals surface area contributed by atoms with Gasteiger partial charge in [0.15, 0.2) is 0 Å². The number of piperidine rings is 1. The van der Waals surface area contributed by atoms with Crippen LogP contribution in [0.2, 0.25) is 0 Å². The molecule has 0 unspecified atom stereocenters. The minimum absolute atomic E-state index is 0.204. The number of hydrogen-bond donors (Lipinski definition) is 2. The maximum absolute atomic E-state index is 11.7. The highest BCUT2D eigenvalue weighted by Gasteiger charge is 2.44. The molecule has 2 fully saturated rings. The Kier molecular flexibility index (Phi) is 4.85. The predicted molar refractivity (Wildman–Crippen MR) is 102 cm³/mol. The first-order valence-electron chi connectivity index (χ1n) is 9.46. The summed E-state index contributed by atoms with van der Waals surface area (Å²) < 4.78 is 5.96. The van der Waals surface area contributed by atoms with Crippen molar-refractivity contribution in [3.8, 4) is 11.3 Å². The van der Waals surface area contributed by atoms with E-state index in [9.17, 15) is 15.0 Å². The number of benzene rings is 1. The van der Waals surface area contributed by atoms with E-state index < -0.39 is 17.7 Å². The maximum Gasteiger partial charge on any atom is 0.339 e. The molecule has 6 nitrogen and oxygen atoms in total. The molecule has 0 aliphatic carbocycles. The minimum atomic E-state index is -0.980. The van der Waals surface area contributed by atoms with E-state index in [4.69, 9.17) is 4.74 Å². The van der Waals surface area contributed by atoms with Crippen LogP contribution < -0.4 is 4.90 Å². The number of aromatic carboxylic acids is 1. The highest BCUT2D eigenvalue weighted by molar-refractivity contribution is 5.94. The van der Waals surface area contributed by atoms with Crippen LogP contribution in [0.5, 0.6) is 0 Å². The van der Waals surface area contributed by atoms with Crippen LogP contribution >= 0.6 is 0 Å². The first kappa shape index (κ1) is 17.9. The van der Waals surface area contributed by atoms with E-state index in [0.29, 0.717) is 38.4 Å². The summed E-state index contributed by atoms with van der Waals surface area (Å²) in [4.78, 5) is 18.4. The van der Waals surface area contributed by atoms with Gasteiger partial charge in [0, 0.05) is 25.3 Å². The van der Waals surface area contributed by atoms with Gasteiger partial charge in [-0.05, 0) is 37.8 Å². The van der Waals surface area contributed by atoms with Gasteiger partial charge in [-0.3, -0.25) is 0 Å². The lowest BCUT2D eigenvalue weighted by molar-refractivity contribution is -0.164. The summed E-state index contributed by atoms with van der Waals surface area (Å²) in [6.07, 6.45) is 2.55. The van der Waals surface area contributed by atoms with Gasteiger partial charge in [0.25, 0.3) is 0 Å². The van der Waals surface area contributed by atoms with Crippen molar-refractivity contribution in [2.24, 2.45) is 0 Å². The van der Waals surface area contributed by atoms with E-state index in [0.717, 1.165) is 24.1 Å². The Bertz CT molecular complexity index is 816. The van der Waals surface area contributed by atoms with E-state index in [-0.39, 0.29) is 5.56 Å². The number of anilines is 1. The van der Waals surface area contributed by atoms with Crippen LogP contribution in [0, 0.1) is 0 Å². The lowest BCUT2D eigenvalue weighted by atomic mass is 9.82. The molecule has 2 N–H and O–H groups in total. The number of pyridine rings is 1. The highest BCUT2D eigenvalue weighted by atomic mass is 16.5. The van der Waals surface area contributed by atoms with Crippen molar-refractivity contribution < 1.29 is 19.7 Å². The van der Waals surface area contributed by atoms with Crippen molar-refractivity contribution in [2.75, 3.05) is 24.6 Å². The van der Waals surface area contributed by atoms with Gasteiger partial charge in [-0.15, -0.1) is 0 Å². The molecule has 0 radical (unpaired) electrons. The van der Waals surface area contributed by atoms with E-state index in [2.05, 4.69) is 4.98 Å². The average molecular weight is 368 g/mol. The second-order valence-electron chi connectivity index (χ2n) is 7.30. The van der Waals surface area contributed by atoms with Gasteiger partial charge in [0.05, 0.1) is 17.4 Å². The van der Waals surface area contributed by atoms with Crippen LogP contribution in [0.15, 0.2) is 42.5 Å². The third kappa shape index (κ3) is 3.42. The molecule has 4 rings (SSSR count). The van der Waals surface area contributed by atoms with Crippen molar-refractivity contribution in [3.05, 3.63) is 48.0 Å². The van der Waals surface area contributed by atoms with Crippen LogP contribution in [0.4, 0.5) is 5.82 Å². The van der Waals surface area contributed by atoms with Crippen molar-refractivity contribution in [1.29, 1.82) is 0 Å². The zero-order valence-corrected chi connectivity index (χ0v) is 15.2. The summed E-state index contributed by atoms with van der Waals surface area (Å²) in [6.45, 7) is 1.91. The van der Waals surface area contributed by atoms with Gasteiger partial charge in [0.1, 0.15) is 11.4 Å². The molecule has 2 saturated heterocycles. The van der Waals surface area contributed by atoms with Crippen LogP contribution in [0.25, 0.3) is 11.3 Å². The Hall–Kier alpha value is -2.44. The predicted octanol–water partition coefficient (Wildman–Crippen LogP) is 2.96. The Labute approximate surface area is 158 Å². The molecule has 142 valence electrons. The second-order valence-corrected chi connectivity index (χ2v) is 7.30. The fourth-order valence-electron chi connectivity index (χ4n) is 4.11. The number of nitrogens with zero attached hydrogens (tertiary/aromatic N) is 2. The second kappa shape index (κ2) is 7.29. The van der Waals surface area contributed by atoms with E-state index in [1.54, 1.807) is 12.1 Å². The molecular formula is C21H24N2O4. The first-order valence-corrected chi connectivity index (χ1v) is 9.46. The van der Waals surface area contributed by atoms with Gasteiger partial charge < -0.3 is 19.8 Å². The van der Waals surface area contributed by atoms with E-state index in [1.165, 1.54) is 0 Å². The SMILES string of the molecule is O=C(O)c1ccc(-c2ccccc2)nc1N1CCC2(CC1)OCCC[C@@H]2O. The number of carboxylic acid groups (broad SMARTS) is 1. The average Bonchev–Trinajstić information content (AvgIpc) is 2.71. The van der Waals surface area contributed by atoms with E-state index in [1.807, 2.05) is 35.2 Å². The fraction of sp³-hybridized carbons (Fsp3) is 0.429. The molecule has 3 heterocycles. The Morgan fingerprint density at radius 3 is 2.56 bits per heavy atom. The Morgan fingerprint density at radius 1 is 1.15 bits per heavy atom. The molecule has 2 aromatic rings. The molecule has 1 spiro atoms. The number of carboxylic acids is 1. The summed E-state index contributed by atoms with van der Waals surface area (Å²) in [5.41, 5.74) is 1.42. The van der Waals surface area contributed by atoms with Crippen molar-refractivity contribution in [3.63, 3.8) is 0 Å². The molecule has 1 aromatic heterocycles. The molecule has 1 aromatic carbocycles. The van der Waals surface area contributed by atoms with Crippen molar-refractivity contribution in [2.45, 2.75) is 37.4 Å². The molecule has 6 heteroatoms. The number of aliphatic hydroxyl groups excluding tert-OH is 1. The summed E-state index contributed by atoms with van der Waals surface area (Å²) in [7, 11) is 0. The zero-order chi connectivity index (χ0) is 18.9. The molecule has 1 atom stereocenters. The number of aliphatic hydroxyl groups is 1.